The minimum absolute atomic E-state index is 0.257. The molecule has 0 aromatic heterocycles. The molecule has 2 heteroatoms. The van der Waals surface area contributed by atoms with Crippen molar-refractivity contribution in [2.75, 3.05) is 0 Å². The van der Waals surface area contributed by atoms with Gasteiger partial charge in [-0.05, 0) is 19.8 Å². The summed E-state index contributed by atoms with van der Waals surface area (Å²) in [6.45, 7) is 6.64. The first-order valence-corrected chi connectivity index (χ1v) is 10.00. The monoisotopic (exact) mass is 311 g/mol. The summed E-state index contributed by atoms with van der Waals surface area (Å²) < 4.78 is 0. The van der Waals surface area contributed by atoms with Gasteiger partial charge in [0.1, 0.15) is 0 Å². The van der Waals surface area contributed by atoms with Crippen molar-refractivity contribution in [1.29, 1.82) is 0 Å². The second-order valence-corrected chi connectivity index (χ2v) is 6.90. The van der Waals surface area contributed by atoms with Gasteiger partial charge in [-0.3, -0.25) is 4.79 Å². The van der Waals surface area contributed by atoms with Gasteiger partial charge in [-0.2, -0.15) is 0 Å². The fourth-order valence-corrected chi connectivity index (χ4v) is 2.89. The van der Waals surface area contributed by atoms with Gasteiger partial charge in [-0.25, -0.2) is 0 Å². The van der Waals surface area contributed by atoms with E-state index in [1.54, 1.807) is 0 Å². The molecule has 0 heterocycles. The number of hydrogen-bond acceptors (Lipinski definition) is 1. The van der Waals surface area contributed by atoms with Crippen LogP contribution in [0, 0.1) is 0 Å². The van der Waals surface area contributed by atoms with Crippen LogP contribution in [-0.2, 0) is 4.79 Å². The lowest BCUT2D eigenvalue weighted by atomic mass is 10.1. The van der Waals surface area contributed by atoms with E-state index in [0.717, 1.165) is 19.3 Å². The fourth-order valence-electron chi connectivity index (χ4n) is 2.89. The third-order valence-electron chi connectivity index (χ3n) is 4.41. The first kappa shape index (κ1) is 21.5. The molecule has 0 saturated heterocycles. The standard InChI is InChI=1S/C20H41NO/c1-4-6-8-10-11-12-14-16-18-20(22)21-19(3)17-15-13-9-7-5-2/h19H,4-18H2,1-3H3,(H,21,22). The Morgan fingerprint density at radius 2 is 1.18 bits per heavy atom. The number of rotatable bonds is 16. The van der Waals surface area contributed by atoms with Gasteiger partial charge in [0.05, 0.1) is 0 Å². The van der Waals surface area contributed by atoms with Crippen LogP contribution in [0.3, 0.4) is 0 Å². The van der Waals surface area contributed by atoms with Gasteiger partial charge in [0, 0.05) is 12.5 Å². The maximum absolute atomic E-state index is 11.9. The SMILES string of the molecule is CCCCCCCCCCC(=O)NC(C)CCCCCCC. The smallest absolute Gasteiger partial charge is 0.220 e. The second kappa shape index (κ2) is 16.8. The Labute approximate surface area is 139 Å². The van der Waals surface area contributed by atoms with Crippen molar-refractivity contribution in [3.05, 3.63) is 0 Å². The number of amides is 1. The molecule has 0 radical (unpaired) electrons. The molecule has 0 fully saturated rings. The summed E-state index contributed by atoms with van der Waals surface area (Å²) >= 11 is 0. The van der Waals surface area contributed by atoms with Crippen LogP contribution in [0.1, 0.15) is 117 Å². The summed E-state index contributed by atoms with van der Waals surface area (Å²) in [6, 6.07) is 0.350. The van der Waals surface area contributed by atoms with E-state index in [4.69, 9.17) is 0 Å². The number of hydrogen-bond donors (Lipinski definition) is 1. The van der Waals surface area contributed by atoms with Crippen molar-refractivity contribution in [2.24, 2.45) is 0 Å². The Balaban J connectivity index is 3.33. The van der Waals surface area contributed by atoms with E-state index in [9.17, 15) is 4.79 Å². The second-order valence-electron chi connectivity index (χ2n) is 6.90. The Morgan fingerprint density at radius 3 is 1.73 bits per heavy atom. The van der Waals surface area contributed by atoms with Crippen LogP contribution in [0.4, 0.5) is 0 Å². The maximum atomic E-state index is 11.9. The first-order chi connectivity index (χ1) is 10.7. The molecule has 0 aliphatic rings. The normalized spacial score (nSPS) is 12.3. The molecule has 1 N–H and O–H groups in total. The summed E-state index contributed by atoms with van der Waals surface area (Å²) in [5.74, 6) is 0.257. The molecule has 0 saturated carbocycles. The van der Waals surface area contributed by atoms with Crippen LogP contribution >= 0.6 is 0 Å². The lowest BCUT2D eigenvalue weighted by molar-refractivity contribution is -0.121. The molecule has 0 aliphatic carbocycles. The van der Waals surface area contributed by atoms with E-state index in [-0.39, 0.29) is 5.91 Å². The van der Waals surface area contributed by atoms with Gasteiger partial charge >= 0.3 is 0 Å². The van der Waals surface area contributed by atoms with Crippen LogP contribution in [0.5, 0.6) is 0 Å². The molecule has 1 amide bonds. The van der Waals surface area contributed by atoms with Gasteiger partial charge in [-0.1, -0.05) is 90.9 Å². The molecule has 0 bridgehead atoms. The molecule has 2 nitrogen and oxygen atoms in total. The first-order valence-electron chi connectivity index (χ1n) is 10.00. The van der Waals surface area contributed by atoms with Crippen LogP contribution in [0.15, 0.2) is 0 Å². The highest BCUT2D eigenvalue weighted by molar-refractivity contribution is 5.76. The highest BCUT2D eigenvalue weighted by Crippen LogP contribution is 2.10. The molecule has 0 aliphatic heterocycles. The van der Waals surface area contributed by atoms with E-state index in [1.165, 1.54) is 77.0 Å². The van der Waals surface area contributed by atoms with E-state index in [1.807, 2.05) is 0 Å². The van der Waals surface area contributed by atoms with Crippen LogP contribution in [0.25, 0.3) is 0 Å². The van der Waals surface area contributed by atoms with E-state index < -0.39 is 0 Å². The Hall–Kier alpha value is -0.530. The van der Waals surface area contributed by atoms with Gasteiger partial charge < -0.3 is 5.32 Å². The summed E-state index contributed by atoms with van der Waals surface area (Å²) in [5.41, 5.74) is 0. The van der Waals surface area contributed by atoms with Crippen molar-refractivity contribution in [2.45, 2.75) is 123 Å². The van der Waals surface area contributed by atoms with E-state index >= 15 is 0 Å². The quantitative estimate of drug-likeness (QED) is 0.329. The van der Waals surface area contributed by atoms with Crippen molar-refractivity contribution in [3.8, 4) is 0 Å². The molecule has 0 aromatic rings. The highest BCUT2D eigenvalue weighted by atomic mass is 16.1. The molecule has 1 atom stereocenters. The maximum Gasteiger partial charge on any atom is 0.220 e. The van der Waals surface area contributed by atoms with Crippen LogP contribution in [-0.4, -0.2) is 11.9 Å². The topological polar surface area (TPSA) is 29.1 Å². The van der Waals surface area contributed by atoms with E-state index in [2.05, 4.69) is 26.1 Å². The molecule has 132 valence electrons. The summed E-state index contributed by atoms with van der Waals surface area (Å²) in [6.07, 6.45) is 18.7. The molecule has 0 rings (SSSR count). The Kier molecular flexibility index (Phi) is 16.4. The molecule has 1 unspecified atom stereocenters. The minimum atomic E-state index is 0.257. The molecule has 0 spiro atoms. The van der Waals surface area contributed by atoms with Gasteiger partial charge in [0.25, 0.3) is 0 Å². The molecule has 0 aromatic carbocycles. The summed E-state index contributed by atoms with van der Waals surface area (Å²) in [4.78, 5) is 11.9. The van der Waals surface area contributed by atoms with Crippen molar-refractivity contribution in [3.63, 3.8) is 0 Å². The summed E-state index contributed by atoms with van der Waals surface area (Å²) in [7, 11) is 0. The molecule has 22 heavy (non-hydrogen) atoms. The third kappa shape index (κ3) is 15.9. The number of nitrogens with one attached hydrogen (secondary N) is 1. The fraction of sp³-hybridized carbons (Fsp3) is 0.950. The van der Waals surface area contributed by atoms with E-state index in [0.29, 0.717) is 6.04 Å². The van der Waals surface area contributed by atoms with Crippen LogP contribution in [0.2, 0.25) is 0 Å². The van der Waals surface area contributed by atoms with Crippen molar-refractivity contribution in [1.82, 2.24) is 5.32 Å². The van der Waals surface area contributed by atoms with Gasteiger partial charge in [0.15, 0.2) is 0 Å². The lowest BCUT2D eigenvalue weighted by Gasteiger charge is -2.13. The number of carbonyl (C=O) groups is 1. The van der Waals surface area contributed by atoms with Gasteiger partial charge in [0.2, 0.25) is 5.91 Å². The zero-order valence-electron chi connectivity index (χ0n) is 15.6. The summed E-state index contributed by atoms with van der Waals surface area (Å²) in [5, 5.41) is 3.15. The predicted molar refractivity (Wildman–Crippen MR) is 98.2 cm³/mol. The Bertz CT molecular complexity index is 240. The third-order valence-corrected chi connectivity index (χ3v) is 4.41. The minimum Gasteiger partial charge on any atom is -0.354 e. The number of carbonyl (C=O) groups excluding carboxylic acids is 1. The van der Waals surface area contributed by atoms with Crippen LogP contribution < -0.4 is 5.32 Å². The highest BCUT2D eigenvalue weighted by Gasteiger charge is 2.06. The lowest BCUT2D eigenvalue weighted by Crippen LogP contribution is -2.32. The average Bonchev–Trinajstić information content (AvgIpc) is 2.49. The predicted octanol–water partition coefficient (Wildman–Crippen LogP) is 6.38. The van der Waals surface area contributed by atoms with Crippen molar-refractivity contribution < 1.29 is 4.79 Å². The molecular formula is C20H41NO. The van der Waals surface area contributed by atoms with Crippen molar-refractivity contribution >= 4 is 5.91 Å². The number of unbranched alkanes of at least 4 members (excludes halogenated alkanes) is 11. The largest absolute Gasteiger partial charge is 0.354 e. The Morgan fingerprint density at radius 1 is 0.727 bits per heavy atom. The van der Waals surface area contributed by atoms with Gasteiger partial charge in [-0.15, -0.1) is 0 Å². The zero-order valence-corrected chi connectivity index (χ0v) is 15.6. The average molecular weight is 312 g/mol. The molecular weight excluding hydrogens is 270 g/mol. The zero-order chi connectivity index (χ0) is 16.5.